The van der Waals surface area contributed by atoms with E-state index in [0.29, 0.717) is 19.3 Å². The molecule has 0 amide bonds. The van der Waals surface area contributed by atoms with Crippen LogP contribution in [0.2, 0.25) is 0 Å². The number of hydrogen-bond acceptors (Lipinski definition) is 4. The van der Waals surface area contributed by atoms with Crippen LogP contribution in [0, 0.1) is 24.7 Å². The maximum Gasteiger partial charge on any atom is 0.303 e. The van der Waals surface area contributed by atoms with Gasteiger partial charge in [0.15, 0.2) is 0 Å². The summed E-state index contributed by atoms with van der Waals surface area (Å²) >= 11 is 5.29. The average Bonchev–Trinajstić information content (AvgIpc) is 3.19. The number of allylic oxidation sites excluding steroid dienone is 4. The highest BCUT2D eigenvalue weighted by molar-refractivity contribution is 9.10. The summed E-state index contributed by atoms with van der Waals surface area (Å²) in [5, 5.41) is 29.6. The van der Waals surface area contributed by atoms with Gasteiger partial charge in [0.1, 0.15) is 0 Å². The van der Waals surface area contributed by atoms with Crippen LogP contribution in [-0.4, -0.2) is 33.5 Å². The second-order valence-electron chi connectivity index (χ2n) is 8.04. The first-order chi connectivity index (χ1) is 14.3. The Bertz CT molecular complexity index is 735. The van der Waals surface area contributed by atoms with Gasteiger partial charge < -0.3 is 15.3 Å². The van der Waals surface area contributed by atoms with Gasteiger partial charge in [-0.05, 0) is 85.2 Å². The molecular formula is C24H33BrO4S. The van der Waals surface area contributed by atoms with E-state index in [0.717, 1.165) is 23.7 Å². The molecule has 6 heteroatoms. The largest absolute Gasteiger partial charge is 0.481 e. The summed E-state index contributed by atoms with van der Waals surface area (Å²) < 4.78 is 1.13. The predicted octanol–water partition coefficient (Wildman–Crippen LogP) is 5.67. The topological polar surface area (TPSA) is 77.8 Å². The minimum Gasteiger partial charge on any atom is -0.481 e. The fraction of sp³-hybridized carbons (Fsp3) is 0.542. The van der Waals surface area contributed by atoms with Crippen LogP contribution in [0.25, 0.3) is 0 Å². The molecule has 5 atom stereocenters. The highest BCUT2D eigenvalue weighted by Gasteiger charge is 2.38. The van der Waals surface area contributed by atoms with Crippen molar-refractivity contribution in [3.63, 3.8) is 0 Å². The number of carboxylic acids is 1. The molecule has 1 aliphatic carbocycles. The van der Waals surface area contributed by atoms with Crippen LogP contribution in [0.1, 0.15) is 48.3 Å². The second-order valence-corrected chi connectivity index (χ2v) is 10.2. The Labute approximate surface area is 192 Å². The van der Waals surface area contributed by atoms with E-state index in [1.807, 2.05) is 18.2 Å². The molecule has 0 radical (unpaired) electrons. The molecule has 166 valence electrons. The van der Waals surface area contributed by atoms with Crippen molar-refractivity contribution in [2.45, 2.75) is 64.1 Å². The summed E-state index contributed by atoms with van der Waals surface area (Å²) in [5.41, 5.74) is 0. The normalized spacial score (nSPS) is 25.3. The number of aliphatic carboxylic acids is 1. The predicted molar refractivity (Wildman–Crippen MR) is 127 cm³/mol. The molecule has 0 saturated heterocycles. The Kier molecular flexibility index (Phi) is 10.5. The van der Waals surface area contributed by atoms with Gasteiger partial charge in [0, 0.05) is 20.6 Å². The van der Waals surface area contributed by atoms with Crippen molar-refractivity contribution in [2.24, 2.45) is 17.8 Å². The van der Waals surface area contributed by atoms with Crippen LogP contribution in [0.4, 0.5) is 0 Å². The van der Waals surface area contributed by atoms with Crippen LogP contribution in [0.5, 0.6) is 0 Å². The van der Waals surface area contributed by atoms with Crippen molar-refractivity contribution in [2.75, 3.05) is 0 Å². The van der Waals surface area contributed by atoms with Crippen LogP contribution in [-0.2, 0) is 11.2 Å². The molecule has 0 aromatic carbocycles. The Morgan fingerprint density at radius 1 is 1.43 bits per heavy atom. The van der Waals surface area contributed by atoms with E-state index in [9.17, 15) is 15.0 Å². The van der Waals surface area contributed by atoms with Crippen molar-refractivity contribution < 1.29 is 20.1 Å². The highest BCUT2D eigenvalue weighted by Crippen LogP contribution is 2.41. The first kappa shape index (κ1) is 25.1. The van der Waals surface area contributed by atoms with Gasteiger partial charge in [0.2, 0.25) is 0 Å². The van der Waals surface area contributed by atoms with Crippen LogP contribution in [0.3, 0.4) is 0 Å². The molecule has 1 unspecified atom stereocenters. The number of aliphatic hydroxyl groups excluding tert-OH is 2. The molecule has 1 saturated carbocycles. The lowest BCUT2D eigenvalue weighted by atomic mass is 9.86. The van der Waals surface area contributed by atoms with E-state index >= 15 is 0 Å². The number of carbonyl (C=O) groups is 1. The molecule has 0 bridgehead atoms. The summed E-state index contributed by atoms with van der Waals surface area (Å²) in [4.78, 5) is 13.1. The molecule has 1 aromatic rings. The molecule has 1 fully saturated rings. The SMILES string of the molecule is C=C[C@@H]1CC(O)[C@H](C/C=C\CCCC(=O)O)[C@H]1/C=C/[C@@H](O)CCc1cc(Br)c(C)s1. The first-order valence-electron chi connectivity index (χ1n) is 10.6. The average molecular weight is 497 g/mol. The lowest BCUT2D eigenvalue weighted by Crippen LogP contribution is -2.18. The number of aliphatic hydroxyl groups is 2. The molecule has 30 heavy (non-hydrogen) atoms. The summed E-state index contributed by atoms with van der Waals surface area (Å²) in [6.07, 6.45) is 13.5. The fourth-order valence-electron chi connectivity index (χ4n) is 4.06. The van der Waals surface area contributed by atoms with Crippen molar-refractivity contribution in [1.29, 1.82) is 0 Å². The molecule has 1 aromatic heterocycles. The standard InChI is InChI=1S/C24H33BrO4S/c1-3-17-14-23(27)21(8-6-4-5-7-9-24(28)29)20(17)13-11-18(26)10-12-19-15-22(25)16(2)30-19/h3-4,6,11,13,15,17-18,20-21,23,26-27H,1,5,7-10,12,14H2,2H3,(H,28,29)/b6-4-,13-11+/t17-,18+,20+,21-,23?/m1/s1. The third-order valence-electron chi connectivity index (χ3n) is 5.79. The van der Waals surface area contributed by atoms with Gasteiger partial charge >= 0.3 is 5.97 Å². The summed E-state index contributed by atoms with van der Waals surface area (Å²) in [7, 11) is 0. The minimum atomic E-state index is -0.769. The van der Waals surface area contributed by atoms with Crippen molar-refractivity contribution in [3.8, 4) is 0 Å². The van der Waals surface area contributed by atoms with Crippen molar-refractivity contribution in [3.05, 3.63) is 57.3 Å². The van der Waals surface area contributed by atoms with Gasteiger partial charge in [0.25, 0.3) is 0 Å². The van der Waals surface area contributed by atoms with E-state index in [-0.39, 0.29) is 24.2 Å². The third kappa shape index (κ3) is 7.80. The first-order valence-corrected chi connectivity index (χ1v) is 12.2. The van der Waals surface area contributed by atoms with E-state index in [2.05, 4.69) is 47.7 Å². The van der Waals surface area contributed by atoms with Crippen LogP contribution in [0.15, 0.2) is 47.5 Å². The van der Waals surface area contributed by atoms with Crippen LogP contribution < -0.4 is 0 Å². The Balaban J connectivity index is 1.89. The number of halogens is 1. The minimum absolute atomic E-state index is 0.0862. The molecule has 0 spiro atoms. The van der Waals surface area contributed by atoms with Gasteiger partial charge in [-0.1, -0.05) is 30.4 Å². The summed E-state index contributed by atoms with van der Waals surface area (Å²) in [6, 6.07) is 2.12. The Morgan fingerprint density at radius 3 is 2.83 bits per heavy atom. The summed E-state index contributed by atoms with van der Waals surface area (Å²) in [6.45, 7) is 6.01. The zero-order valence-corrected chi connectivity index (χ0v) is 19.9. The fourth-order valence-corrected chi connectivity index (χ4v) is 5.68. The summed E-state index contributed by atoms with van der Waals surface area (Å²) in [5.74, 6) is -0.337. The Morgan fingerprint density at radius 2 is 2.20 bits per heavy atom. The highest BCUT2D eigenvalue weighted by atomic mass is 79.9. The molecule has 2 rings (SSSR count). The van der Waals surface area contributed by atoms with E-state index in [4.69, 9.17) is 5.11 Å². The third-order valence-corrected chi connectivity index (χ3v) is 7.98. The van der Waals surface area contributed by atoms with E-state index in [1.54, 1.807) is 11.3 Å². The zero-order chi connectivity index (χ0) is 22.1. The van der Waals surface area contributed by atoms with Crippen molar-refractivity contribution >= 4 is 33.2 Å². The van der Waals surface area contributed by atoms with E-state index < -0.39 is 18.2 Å². The zero-order valence-electron chi connectivity index (χ0n) is 17.5. The van der Waals surface area contributed by atoms with Gasteiger partial charge in [-0.15, -0.1) is 17.9 Å². The van der Waals surface area contributed by atoms with E-state index in [1.165, 1.54) is 9.75 Å². The number of aryl methyl sites for hydroxylation is 2. The molecule has 3 N–H and O–H groups in total. The number of thiophene rings is 1. The molecule has 1 heterocycles. The van der Waals surface area contributed by atoms with Gasteiger partial charge in [-0.3, -0.25) is 4.79 Å². The number of rotatable bonds is 12. The van der Waals surface area contributed by atoms with Gasteiger partial charge in [-0.2, -0.15) is 0 Å². The number of hydrogen-bond donors (Lipinski definition) is 3. The molecule has 0 aliphatic heterocycles. The second kappa shape index (κ2) is 12.6. The molecule has 1 aliphatic rings. The van der Waals surface area contributed by atoms with Gasteiger partial charge in [0.05, 0.1) is 12.2 Å². The Hall–Kier alpha value is -1.21. The lowest BCUT2D eigenvalue weighted by molar-refractivity contribution is -0.137. The van der Waals surface area contributed by atoms with Gasteiger partial charge in [-0.25, -0.2) is 0 Å². The van der Waals surface area contributed by atoms with Crippen molar-refractivity contribution in [1.82, 2.24) is 0 Å². The molecule has 4 nitrogen and oxygen atoms in total. The maximum absolute atomic E-state index is 10.6. The number of carboxylic acid groups (broad SMARTS) is 1. The quantitative estimate of drug-likeness (QED) is 0.257. The smallest absolute Gasteiger partial charge is 0.303 e. The lowest BCUT2D eigenvalue weighted by Gasteiger charge is -2.20. The van der Waals surface area contributed by atoms with Crippen LogP contribution >= 0.6 is 27.3 Å². The maximum atomic E-state index is 10.6. The monoisotopic (exact) mass is 496 g/mol. The molecular weight excluding hydrogens is 464 g/mol. The number of unbranched alkanes of at least 4 members (excludes halogenated alkanes) is 1.